The Balaban J connectivity index is 2.22. The first-order chi connectivity index (χ1) is 13.5. The van der Waals surface area contributed by atoms with E-state index in [0.29, 0.717) is 10.0 Å². The van der Waals surface area contributed by atoms with Crippen LogP contribution in [0.4, 0.5) is 4.79 Å². The molecular formula is C19H24Cl2N2O6. The molecule has 0 radical (unpaired) electrons. The molecule has 1 aromatic carbocycles. The van der Waals surface area contributed by atoms with Gasteiger partial charge in [-0.25, -0.2) is 4.79 Å². The number of benzene rings is 1. The van der Waals surface area contributed by atoms with E-state index in [1.807, 2.05) is 0 Å². The Morgan fingerprint density at radius 1 is 1.31 bits per heavy atom. The number of nitrogens with zero attached hydrogens (tertiary/aromatic N) is 1. The predicted octanol–water partition coefficient (Wildman–Crippen LogP) is 2.91. The lowest BCUT2D eigenvalue weighted by Gasteiger charge is -2.29. The van der Waals surface area contributed by atoms with E-state index in [1.54, 1.807) is 18.2 Å². The first kappa shape index (κ1) is 23.3. The fraction of sp³-hybridized carbons (Fsp3) is 0.526. The largest absolute Gasteiger partial charge is 0.465 e. The molecule has 2 N–H and O–H groups in total. The van der Waals surface area contributed by atoms with Crippen molar-refractivity contribution in [2.24, 2.45) is 0 Å². The smallest absolute Gasteiger partial charge is 0.407 e. The van der Waals surface area contributed by atoms with Gasteiger partial charge in [-0.1, -0.05) is 29.3 Å². The van der Waals surface area contributed by atoms with Gasteiger partial charge in [0, 0.05) is 32.5 Å². The molecule has 2 atom stereocenters. The first-order valence-electron chi connectivity index (χ1n) is 9.03. The number of carboxylic acid groups (broad SMARTS) is 1. The van der Waals surface area contributed by atoms with E-state index in [-0.39, 0.29) is 32.2 Å². The quantitative estimate of drug-likeness (QED) is 0.673. The fourth-order valence-electron chi connectivity index (χ4n) is 3.13. The van der Waals surface area contributed by atoms with E-state index < -0.39 is 29.7 Å². The lowest BCUT2D eigenvalue weighted by molar-refractivity contribution is -0.163. The second-order valence-electron chi connectivity index (χ2n) is 7.23. The van der Waals surface area contributed by atoms with Gasteiger partial charge in [-0.3, -0.25) is 9.59 Å². The predicted molar refractivity (Wildman–Crippen MR) is 107 cm³/mol. The Hall–Kier alpha value is -2.03. The number of halogens is 2. The summed E-state index contributed by atoms with van der Waals surface area (Å²) in [6.45, 7) is 4.85. The maximum atomic E-state index is 12.5. The molecule has 0 saturated carbocycles. The highest BCUT2D eigenvalue weighted by molar-refractivity contribution is 6.42. The Kier molecular flexibility index (Phi) is 7.73. The van der Waals surface area contributed by atoms with Crippen LogP contribution in [0.5, 0.6) is 0 Å². The zero-order valence-electron chi connectivity index (χ0n) is 16.4. The van der Waals surface area contributed by atoms with Crippen molar-refractivity contribution in [2.45, 2.75) is 38.4 Å². The molecule has 0 aliphatic carbocycles. The first-order valence-corrected chi connectivity index (χ1v) is 9.79. The van der Waals surface area contributed by atoms with E-state index >= 15 is 0 Å². The van der Waals surface area contributed by atoms with Crippen molar-refractivity contribution in [3.8, 4) is 0 Å². The van der Waals surface area contributed by atoms with E-state index in [1.165, 1.54) is 25.7 Å². The summed E-state index contributed by atoms with van der Waals surface area (Å²) in [5.41, 5.74) is -0.603. The molecule has 1 aromatic rings. The minimum absolute atomic E-state index is 0.0991. The molecule has 8 nitrogen and oxygen atoms in total. The molecule has 0 unspecified atom stereocenters. The molecular weight excluding hydrogens is 423 g/mol. The molecule has 160 valence electrons. The van der Waals surface area contributed by atoms with Crippen molar-refractivity contribution >= 4 is 41.2 Å². The number of nitrogens with one attached hydrogen (secondary N) is 1. The van der Waals surface area contributed by atoms with Gasteiger partial charge < -0.3 is 24.8 Å². The molecule has 0 bridgehead atoms. The number of hydrogen-bond donors (Lipinski definition) is 2. The van der Waals surface area contributed by atoms with Crippen molar-refractivity contribution < 1.29 is 29.0 Å². The molecule has 1 saturated heterocycles. The van der Waals surface area contributed by atoms with E-state index in [9.17, 15) is 19.5 Å². The van der Waals surface area contributed by atoms with Crippen LogP contribution in [0, 0.1) is 0 Å². The van der Waals surface area contributed by atoms with Crippen LogP contribution in [0.1, 0.15) is 32.3 Å². The van der Waals surface area contributed by atoms with Crippen LogP contribution < -0.4 is 5.32 Å². The molecule has 2 amide bonds. The Labute approximate surface area is 179 Å². The van der Waals surface area contributed by atoms with E-state index in [2.05, 4.69) is 5.32 Å². The summed E-state index contributed by atoms with van der Waals surface area (Å²) in [6.07, 6.45) is -1.58. The van der Waals surface area contributed by atoms with E-state index in [0.717, 1.165) is 5.56 Å². The van der Waals surface area contributed by atoms with Gasteiger partial charge in [0.05, 0.1) is 22.8 Å². The molecule has 1 aliphatic heterocycles. The highest BCUT2D eigenvalue weighted by atomic mass is 35.5. The Bertz CT molecular complexity index is 786. The monoisotopic (exact) mass is 446 g/mol. The highest BCUT2D eigenvalue weighted by Gasteiger charge is 2.35. The number of amides is 2. The van der Waals surface area contributed by atoms with Gasteiger partial charge in [-0.05, 0) is 31.5 Å². The third kappa shape index (κ3) is 6.22. The van der Waals surface area contributed by atoms with Gasteiger partial charge in [0.2, 0.25) is 0 Å². The van der Waals surface area contributed by atoms with Crippen LogP contribution in [0.25, 0.3) is 0 Å². The Morgan fingerprint density at radius 2 is 2.00 bits per heavy atom. The summed E-state index contributed by atoms with van der Waals surface area (Å²) in [5, 5.41) is 12.9. The van der Waals surface area contributed by atoms with Crippen LogP contribution in [-0.4, -0.2) is 65.9 Å². The normalized spacial score (nSPS) is 20.0. The molecule has 29 heavy (non-hydrogen) atoms. The number of carbonyl (C=O) groups is 3. The standard InChI is InChI=1S/C19H24Cl2N2O6/c1-11(24)29-19(2,3)17(25)22-9-16-13(10-23(18(26)27)6-7-28-16)12-4-5-14(20)15(21)8-12/h4-5,8,13,16H,6-7,9-10H2,1-3H3,(H,22,25)(H,26,27)/t13-,16-/m1/s1. The summed E-state index contributed by atoms with van der Waals surface area (Å²) in [6, 6.07) is 5.06. The highest BCUT2D eigenvalue weighted by Crippen LogP contribution is 2.31. The maximum Gasteiger partial charge on any atom is 0.407 e. The lowest BCUT2D eigenvalue weighted by Crippen LogP contribution is -2.48. The topological polar surface area (TPSA) is 105 Å². The summed E-state index contributed by atoms with van der Waals surface area (Å²) < 4.78 is 10.9. The minimum atomic E-state index is -1.34. The van der Waals surface area contributed by atoms with Crippen LogP contribution in [0.2, 0.25) is 10.0 Å². The van der Waals surface area contributed by atoms with Crippen LogP contribution in [-0.2, 0) is 19.1 Å². The average Bonchev–Trinajstić information content (AvgIpc) is 2.83. The van der Waals surface area contributed by atoms with Crippen LogP contribution in [0.3, 0.4) is 0 Å². The number of carbonyl (C=O) groups excluding carboxylic acids is 2. The summed E-state index contributed by atoms with van der Waals surface area (Å²) in [5.74, 6) is -1.44. The number of rotatable bonds is 5. The van der Waals surface area contributed by atoms with Crippen molar-refractivity contribution in [1.29, 1.82) is 0 Å². The average molecular weight is 447 g/mol. The Morgan fingerprint density at radius 3 is 2.59 bits per heavy atom. The third-order valence-corrected chi connectivity index (χ3v) is 5.35. The van der Waals surface area contributed by atoms with Gasteiger partial charge in [0.25, 0.3) is 5.91 Å². The number of esters is 1. The minimum Gasteiger partial charge on any atom is -0.465 e. The second-order valence-corrected chi connectivity index (χ2v) is 8.05. The van der Waals surface area contributed by atoms with Gasteiger partial charge in [-0.2, -0.15) is 0 Å². The number of hydrogen-bond acceptors (Lipinski definition) is 5. The van der Waals surface area contributed by atoms with Crippen molar-refractivity contribution in [2.75, 3.05) is 26.2 Å². The van der Waals surface area contributed by atoms with Crippen molar-refractivity contribution in [1.82, 2.24) is 10.2 Å². The molecule has 0 spiro atoms. The van der Waals surface area contributed by atoms with Gasteiger partial charge >= 0.3 is 12.1 Å². The van der Waals surface area contributed by atoms with Gasteiger partial charge in [0.15, 0.2) is 5.60 Å². The third-order valence-electron chi connectivity index (χ3n) is 4.61. The lowest BCUT2D eigenvalue weighted by atomic mass is 9.92. The van der Waals surface area contributed by atoms with Crippen molar-refractivity contribution in [3.05, 3.63) is 33.8 Å². The maximum absolute atomic E-state index is 12.5. The summed E-state index contributed by atoms with van der Waals surface area (Å²) in [7, 11) is 0. The zero-order chi connectivity index (χ0) is 21.8. The SMILES string of the molecule is CC(=O)OC(C)(C)C(=O)NC[C@H]1OCCN(C(=O)O)C[C@@H]1c1ccc(Cl)c(Cl)c1. The molecule has 1 heterocycles. The van der Waals surface area contributed by atoms with Crippen LogP contribution >= 0.6 is 23.2 Å². The van der Waals surface area contributed by atoms with E-state index in [4.69, 9.17) is 32.7 Å². The second kappa shape index (κ2) is 9.65. The zero-order valence-corrected chi connectivity index (χ0v) is 17.9. The molecule has 1 aliphatic rings. The van der Waals surface area contributed by atoms with Crippen molar-refractivity contribution in [3.63, 3.8) is 0 Å². The fourth-order valence-corrected chi connectivity index (χ4v) is 3.43. The van der Waals surface area contributed by atoms with Crippen LogP contribution in [0.15, 0.2) is 18.2 Å². The summed E-state index contributed by atoms with van der Waals surface area (Å²) >= 11 is 12.1. The number of ether oxygens (including phenoxy) is 2. The molecule has 1 fully saturated rings. The molecule has 10 heteroatoms. The van der Waals surface area contributed by atoms with Gasteiger partial charge in [0.1, 0.15) is 0 Å². The molecule has 2 rings (SSSR count). The van der Waals surface area contributed by atoms with Gasteiger partial charge in [-0.15, -0.1) is 0 Å². The summed E-state index contributed by atoms with van der Waals surface area (Å²) in [4.78, 5) is 36.4. The molecule has 0 aromatic heterocycles.